The Hall–Kier alpha value is -2.88. The third kappa shape index (κ3) is 6.05. The second kappa shape index (κ2) is 10.1. The summed E-state index contributed by atoms with van der Waals surface area (Å²) in [6, 6.07) is 16.5. The molecule has 29 heavy (non-hydrogen) atoms. The Labute approximate surface area is 172 Å². The molecule has 1 unspecified atom stereocenters. The molecule has 0 fully saturated rings. The lowest BCUT2D eigenvalue weighted by Gasteiger charge is -2.16. The summed E-state index contributed by atoms with van der Waals surface area (Å²) in [6.45, 7) is 2.36. The van der Waals surface area contributed by atoms with Gasteiger partial charge in [-0.3, -0.25) is 9.59 Å². The van der Waals surface area contributed by atoms with Gasteiger partial charge >= 0.3 is 5.97 Å². The van der Waals surface area contributed by atoms with Crippen molar-refractivity contribution in [2.45, 2.75) is 51.4 Å². The third-order valence-electron chi connectivity index (χ3n) is 5.52. The second-order valence-corrected chi connectivity index (χ2v) is 7.80. The van der Waals surface area contributed by atoms with Gasteiger partial charge in [-0.25, -0.2) is 0 Å². The van der Waals surface area contributed by atoms with E-state index in [1.165, 1.54) is 47.9 Å². The molecular formula is C25H29NO3. The van der Waals surface area contributed by atoms with Gasteiger partial charge in [0.2, 0.25) is 0 Å². The highest BCUT2D eigenvalue weighted by Gasteiger charge is 2.11. The highest BCUT2D eigenvalue weighted by molar-refractivity contribution is 5.94. The molecule has 4 heteroatoms. The zero-order valence-electron chi connectivity index (χ0n) is 17.0. The zero-order valence-corrected chi connectivity index (χ0v) is 17.0. The molecule has 152 valence electrons. The summed E-state index contributed by atoms with van der Waals surface area (Å²) < 4.78 is 0. The smallest absolute Gasteiger partial charge is 0.305 e. The van der Waals surface area contributed by atoms with Crippen LogP contribution in [0.2, 0.25) is 0 Å². The van der Waals surface area contributed by atoms with Gasteiger partial charge in [0.15, 0.2) is 0 Å². The Kier molecular flexibility index (Phi) is 7.23. The van der Waals surface area contributed by atoms with E-state index in [2.05, 4.69) is 42.6 Å². The summed E-state index contributed by atoms with van der Waals surface area (Å²) in [7, 11) is 0. The number of allylic oxidation sites excluding steroid dienone is 2. The first kappa shape index (κ1) is 20.8. The molecular weight excluding hydrogens is 362 g/mol. The maximum atomic E-state index is 12.0. The molecule has 2 aromatic rings. The molecule has 2 aromatic carbocycles. The molecule has 3 rings (SSSR count). The van der Waals surface area contributed by atoms with E-state index in [1.807, 2.05) is 12.1 Å². The van der Waals surface area contributed by atoms with Crippen LogP contribution in [0.3, 0.4) is 0 Å². The van der Waals surface area contributed by atoms with Crippen molar-refractivity contribution in [3.63, 3.8) is 0 Å². The van der Waals surface area contributed by atoms with Crippen LogP contribution < -0.4 is 5.32 Å². The maximum absolute atomic E-state index is 12.0. The van der Waals surface area contributed by atoms with Crippen molar-refractivity contribution in [1.82, 2.24) is 5.32 Å². The van der Waals surface area contributed by atoms with Crippen LogP contribution in [-0.2, 0) is 11.2 Å². The van der Waals surface area contributed by atoms with Crippen molar-refractivity contribution in [2.75, 3.05) is 6.54 Å². The lowest BCUT2D eigenvalue weighted by molar-refractivity contribution is -0.136. The fraction of sp³-hybridized carbons (Fsp3) is 0.360. The van der Waals surface area contributed by atoms with E-state index >= 15 is 0 Å². The molecule has 0 radical (unpaired) electrons. The molecule has 0 bridgehead atoms. The highest BCUT2D eigenvalue weighted by atomic mass is 16.4. The van der Waals surface area contributed by atoms with E-state index in [0.29, 0.717) is 11.5 Å². The Morgan fingerprint density at radius 1 is 1.03 bits per heavy atom. The topological polar surface area (TPSA) is 66.4 Å². The van der Waals surface area contributed by atoms with Gasteiger partial charge < -0.3 is 10.4 Å². The number of aliphatic carboxylic acids is 1. The highest BCUT2D eigenvalue weighted by Crippen LogP contribution is 2.28. The van der Waals surface area contributed by atoms with Crippen LogP contribution >= 0.6 is 0 Å². The van der Waals surface area contributed by atoms with Crippen molar-refractivity contribution in [2.24, 2.45) is 0 Å². The molecule has 0 aliphatic heterocycles. The van der Waals surface area contributed by atoms with Gasteiger partial charge in [0, 0.05) is 12.1 Å². The first-order chi connectivity index (χ1) is 14.0. The van der Waals surface area contributed by atoms with Gasteiger partial charge in [-0.15, -0.1) is 0 Å². The minimum Gasteiger partial charge on any atom is -0.481 e. The second-order valence-electron chi connectivity index (χ2n) is 7.80. The van der Waals surface area contributed by atoms with Crippen LogP contribution in [0.4, 0.5) is 0 Å². The summed E-state index contributed by atoms with van der Waals surface area (Å²) in [5.74, 6) is -0.767. The Morgan fingerprint density at radius 3 is 2.38 bits per heavy atom. The molecule has 0 saturated heterocycles. The predicted molar refractivity (Wildman–Crippen MR) is 116 cm³/mol. The van der Waals surface area contributed by atoms with E-state index in [-0.39, 0.29) is 18.9 Å². The van der Waals surface area contributed by atoms with Crippen LogP contribution in [0, 0.1) is 0 Å². The minimum absolute atomic E-state index is 0.0720. The minimum atomic E-state index is -0.918. The van der Waals surface area contributed by atoms with Gasteiger partial charge in [-0.1, -0.05) is 49.4 Å². The van der Waals surface area contributed by atoms with Crippen molar-refractivity contribution in [3.8, 4) is 0 Å². The van der Waals surface area contributed by atoms with Crippen LogP contribution in [0.1, 0.15) is 72.0 Å². The number of carbonyl (C=O) groups excluding carboxylic acids is 1. The Morgan fingerprint density at radius 2 is 1.76 bits per heavy atom. The quantitative estimate of drug-likeness (QED) is 0.650. The van der Waals surface area contributed by atoms with Gasteiger partial charge in [-0.05, 0) is 72.4 Å². The van der Waals surface area contributed by atoms with Crippen LogP contribution in [0.25, 0.3) is 5.57 Å². The number of amides is 1. The zero-order chi connectivity index (χ0) is 20.6. The molecule has 4 nitrogen and oxygen atoms in total. The van der Waals surface area contributed by atoms with E-state index in [4.69, 9.17) is 5.11 Å². The van der Waals surface area contributed by atoms with Crippen molar-refractivity contribution in [1.29, 1.82) is 0 Å². The van der Waals surface area contributed by atoms with Crippen molar-refractivity contribution in [3.05, 3.63) is 76.9 Å². The average molecular weight is 392 g/mol. The Balaban J connectivity index is 1.56. The molecule has 1 aliphatic rings. The molecule has 1 aliphatic carbocycles. The van der Waals surface area contributed by atoms with Crippen molar-refractivity contribution < 1.29 is 14.7 Å². The largest absolute Gasteiger partial charge is 0.481 e. The van der Waals surface area contributed by atoms with Crippen LogP contribution in [-0.4, -0.2) is 23.5 Å². The van der Waals surface area contributed by atoms with Crippen molar-refractivity contribution >= 4 is 17.4 Å². The Bertz CT molecular complexity index is 866. The summed E-state index contributed by atoms with van der Waals surface area (Å²) in [6.07, 6.45) is 8.19. The molecule has 0 heterocycles. The molecule has 0 aromatic heterocycles. The number of nitrogens with one attached hydrogen (secondary N) is 1. The summed E-state index contributed by atoms with van der Waals surface area (Å²) in [5.41, 5.74) is 5.88. The standard InChI is InChI=1S/C25H29NO3/c1-18(20-11-13-22(14-12-20)21-5-3-2-4-6-21)17-19-7-9-23(10-8-19)25(29)26-16-15-24(27)28/h5,7-14,18H,2-4,6,15-17H2,1H3,(H,26,29)(H,27,28). The number of hydrogen-bond donors (Lipinski definition) is 2. The first-order valence-corrected chi connectivity index (χ1v) is 10.4. The van der Waals surface area contributed by atoms with Crippen LogP contribution in [0.15, 0.2) is 54.6 Å². The van der Waals surface area contributed by atoms with E-state index in [0.717, 1.165) is 6.42 Å². The molecule has 1 amide bonds. The normalized spacial score (nSPS) is 14.7. The number of rotatable bonds is 8. The summed E-state index contributed by atoms with van der Waals surface area (Å²) in [4.78, 5) is 22.6. The lowest BCUT2D eigenvalue weighted by Crippen LogP contribution is -2.25. The number of carbonyl (C=O) groups is 2. The van der Waals surface area contributed by atoms with E-state index < -0.39 is 5.97 Å². The summed E-state index contributed by atoms with van der Waals surface area (Å²) in [5, 5.41) is 11.3. The summed E-state index contributed by atoms with van der Waals surface area (Å²) >= 11 is 0. The van der Waals surface area contributed by atoms with Crippen LogP contribution in [0.5, 0.6) is 0 Å². The molecule has 1 atom stereocenters. The van der Waals surface area contributed by atoms with E-state index in [9.17, 15) is 9.59 Å². The monoisotopic (exact) mass is 391 g/mol. The third-order valence-corrected chi connectivity index (χ3v) is 5.52. The van der Waals surface area contributed by atoms with E-state index in [1.54, 1.807) is 12.1 Å². The fourth-order valence-corrected chi connectivity index (χ4v) is 3.77. The average Bonchev–Trinajstić information content (AvgIpc) is 2.74. The number of carboxylic acids is 1. The van der Waals surface area contributed by atoms with Gasteiger partial charge in [-0.2, -0.15) is 0 Å². The maximum Gasteiger partial charge on any atom is 0.305 e. The van der Waals surface area contributed by atoms with Gasteiger partial charge in [0.25, 0.3) is 5.91 Å². The number of carboxylic acid groups (broad SMARTS) is 1. The molecule has 0 spiro atoms. The number of benzene rings is 2. The molecule has 0 saturated carbocycles. The fourth-order valence-electron chi connectivity index (χ4n) is 3.77. The predicted octanol–water partition coefficient (Wildman–Crippen LogP) is 5.19. The van der Waals surface area contributed by atoms with Gasteiger partial charge in [0.1, 0.15) is 0 Å². The SMILES string of the molecule is CC(Cc1ccc(C(=O)NCCC(=O)O)cc1)c1ccc(C2=CCCCC2)cc1. The lowest BCUT2D eigenvalue weighted by atomic mass is 9.90. The van der Waals surface area contributed by atoms with Gasteiger partial charge in [0.05, 0.1) is 6.42 Å². The number of hydrogen-bond acceptors (Lipinski definition) is 2. The molecule has 2 N–H and O–H groups in total. The first-order valence-electron chi connectivity index (χ1n) is 10.4.